The van der Waals surface area contributed by atoms with Crippen molar-refractivity contribution in [3.63, 3.8) is 0 Å². The van der Waals surface area contributed by atoms with Crippen molar-refractivity contribution in [1.82, 2.24) is 0 Å². The number of anilines is 1. The summed E-state index contributed by atoms with van der Waals surface area (Å²) in [5.74, 6) is 0. The number of hydrogen-bond donors (Lipinski definition) is 1. The Morgan fingerprint density at radius 1 is 0.950 bits per heavy atom. The first-order valence-corrected chi connectivity index (χ1v) is 6.74. The van der Waals surface area contributed by atoms with Crippen LogP contribution in [0.1, 0.15) is 0 Å². The molecule has 96 valence electrons. The molecule has 4 heteroatoms. The topological polar surface area (TPSA) is 59.6 Å². The normalized spacial score (nSPS) is 9.10. The summed E-state index contributed by atoms with van der Waals surface area (Å²) in [7, 11) is 0. The van der Waals surface area contributed by atoms with E-state index in [9.17, 15) is 0 Å². The Morgan fingerprint density at radius 3 is 2.30 bits per heavy atom. The zero-order valence-corrected chi connectivity index (χ0v) is 11.4. The summed E-state index contributed by atoms with van der Waals surface area (Å²) >= 11 is 1.62. The highest BCUT2D eigenvalue weighted by Crippen LogP contribution is 2.33. The second-order valence-corrected chi connectivity index (χ2v) is 4.95. The highest BCUT2D eigenvalue weighted by atomic mass is 32.2. The zero-order chi connectivity index (χ0) is 14.2. The van der Waals surface area contributed by atoms with Crippen LogP contribution in [-0.2, 0) is 0 Å². The Labute approximate surface area is 122 Å². The van der Waals surface area contributed by atoms with Gasteiger partial charge in [0.25, 0.3) is 0 Å². The molecule has 2 rings (SSSR count). The first-order valence-electron chi connectivity index (χ1n) is 5.92. The van der Waals surface area contributed by atoms with Gasteiger partial charge in [0.1, 0.15) is 17.7 Å². The summed E-state index contributed by atoms with van der Waals surface area (Å²) in [4.78, 5) is 2.16. The van der Waals surface area contributed by atoms with E-state index in [-0.39, 0.29) is 5.57 Å². The van der Waals surface area contributed by atoms with Gasteiger partial charge >= 0.3 is 0 Å². The van der Waals surface area contributed by atoms with E-state index in [0.717, 1.165) is 15.5 Å². The molecule has 0 unspecified atom stereocenters. The summed E-state index contributed by atoms with van der Waals surface area (Å²) in [6, 6.07) is 21.4. The van der Waals surface area contributed by atoms with Crippen molar-refractivity contribution in [2.45, 2.75) is 9.79 Å². The maximum atomic E-state index is 8.72. The van der Waals surface area contributed by atoms with Crippen LogP contribution < -0.4 is 5.32 Å². The lowest BCUT2D eigenvalue weighted by Gasteiger charge is -2.08. The molecule has 0 spiro atoms. The predicted molar refractivity (Wildman–Crippen MR) is 79.9 cm³/mol. The van der Waals surface area contributed by atoms with Crippen LogP contribution in [0, 0.1) is 22.7 Å². The van der Waals surface area contributed by atoms with Crippen LogP contribution in [0.5, 0.6) is 0 Å². The first-order chi connectivity index (χ1) is 9.83. The zero-order valence-electron chi connectivity index (χ0n) is 10.6. The van der Waals surface area contributed by atoms with Crippen molar-refractivity contribution < 1.29 is 0 Å². The summed E-state index contributed by atoms with van der Waals surface area (Å²) < 4.78 is 0. The Kier molecular flexibility index (Phi) is 4.83. The van der Waals surface area contributed by atoms with Crippen LogP contribution in [0.3, 0.4) is 0 Å². The van der Waals surface area contributed by atoms with Gasteiger partial charge in [-0.2, -0.15) is 10.5 Å². The maximum absolute atomic E-state index is 8.72. The predicted octanol–water partition coefficient (Wildman–Crippen LogP) is 4.18. The third-order valence-corrected chi connectivity index (χ3v) is 3.55. The molecular weight excluding hydrogens is 266 g/mol. The van der Waals surface area contributed by atoms with E-state index in [0.29, 0.717) is 0 Å². The van der Waals surface area contributed by atoms with Gasteiger partial charge in [-0.25, -0.2) is 0 Å². The lowest BCUT2D eigenvalue weighted by molar-refractivity contribution is 1.37. The van der Waals surface area contributed by atoms with Crippen molar-refractivity contribution >= 4 is 17.4 Å². The van der Waals surface area contributed by atoms with Crippen molar-refractivity contribution in [1.29, 1.82) is 10.5 Å². The van der Waals surface area contributed by atoms with Crippen molar-refractivity contribution in [3.05, 3.63) is 66.4 Å². The molecule has 0 bridgehead atoms. The lowest BCUT2D eigenvalue weighted by atomic mass is 10.3. The fourth-order valence-electron chi connectivity index (χ4n) is 1.53. The standard InChI is InChI=1S/C16H11N3S/c17-10-13(11-18)12-19-15-8-4-5-9-16(15)20-14-6-2-1-3-7-14/h1-9,12,19H. The monoisotopic (exact) mass is 277 g/mol. The van der Waals surface area contributed by atoms with Gasteiger partial charge in [0.2, 0.25) is 0 Å². The second-order valence-electron chi connectivity index (χ2n) is 3.84. The molecule has 0 aliphatic heterocycles. The molecule has 0 fully saturated rings. The van der Waals surface area contributed by atoms with Crippen LogP contribution >= 0.6 is 11.8 Å². The highest BCUT2D eigenvalue weighted by Gasteiger charge is 2.03. The van der Waals surface area contributed by atoms with Crippen LogP contribution in [-0.4, -0.2) is 0 Å². The van der Waals surface area contributed by atoms with Gasteiger partial charge in [-0.1, -0.05) is 42.1 Å². The maximum Gasteiger partial charge on any atom is 0.145 e. The molecule has 0 aliphatic rings. The molecular formula is C16H11N3S. The van der Waals surface area contributed by atoms with Gasteiger partial charge in [-0.05, 0) is 24.3 Å². The molecule has 2 aromatic rings. The summed E-state index contributed by atoms with van der Waals surface area (Å²) in [5.41, 5.74) is 0.911. The second kappa shape index (κ2) is 7.04. The van der Waals surface area contributed by atoms with Gasteiger partial charge in [-0.3, -0.25) is 0 Å². The third-order valence-electron chi connectivity index (χ3n) is 2.47. The third kappa shape index (κ3) is 3.65. The Balaban J connectivity index is 2.21. The minimum Gasteiger partial charge on any atom is -0.359 e. The molecule has 0 saturated carbocycles. The van der Waals surface area contributed by atoms with Crippen LogP contribution in [0.2, 0.25) is 0 Å². The largest absolute Gasteiger partial charge is 0.359 e. The SMILES string of the molecule is N#CC(C#N)=CNc1ccccc1Sc1ccccc1. The van der Waals surface area contributed by atoms with Crippen LogP contribution in [0.15, 0.2) is 76.2 Å². The average molecular weight is 277 g/mol. The average Bonchev–Trinajstić information content (AvgIpc) is 2.51. The van der Waals surface area contributed by atoms with E-state index in [4.69, 9.17) is 10.5 Å². The number of hydrogen-bond acceptors (Lipinski definition) is 4. The van der Waals surface area contributed by atoms with Gasteiger partial charge in [0.15, 0.2) is 0 Å². The summed E-state index contributed by atoms with van der Waals surface area (Å²) in [6.07, 6.45) is 1.42. The number of para-hydroxylation sites is 1. The van der Waals surface area contributed by atoms with Crippen molar-refractivity contribution in [2.75, 3.05) is 5.32 Å². The number of allylic oxidation sites excluding steroid dienone is 1. The highest BCUT2D eigenvalue weighted by molar-refractivity contribution is 7.99. The first kappa shape index (κ1) is 13.7. The quantitative estimate of drug-likeness (QED) is 0.852. The molecule has 0 atom stereocenters. The Morgan fingerprint density at radius 2 is 1.60 bits per heavy atom. The van der Waals surface area contributed by atoms with E-state index < -0.39 is 0 Å². The smallest absolute Gasteiger partial charge is 0.145 e. The molecule has 0 aliphatic carbocycles. The van der Waals surface area contributed by atoms with Gasteiger partial charge in [0.05, 0.1) is 5.69 Å². The Hall–Kier alpha value is -2.69. The molecule has 0 heterocycles. The molecule has 1 N–H and O–H groups in total. The van der Waals surface area contributed by atoms with E-state index in [1.807, 2.05) is 66.7 Å². The fourth-order valence-corrected chi connectivity index (χ4v) is 2.46. The van der Waals surface area contributed by atoms with Gasteiger partial charge < -0.3 is 5.32 Å². The van der Waals surface area contributed by atoms with Crippen molar-refractivity contribution in [2.24, 2.45) is 0 Å². The molecule has 20 heavy (non-hydrogen) atoms. The number of benzene rings is 2. The minimum absolute atomic E-state index is 0.0458. The summed E-state index contributed by atoms with van der Waals surface area (Å²) in [5, 5.41) is 20.5. The molecule has 0 saturated heterocycles. The Bertz CT molecular complexity index is 678. The number of nitriles is 2. The number of rotatable bonds is 4. The van der Waals surface area contributed by atoms with Crippen LogP contribution in [0.4, 0.5) is 5.69 Å². The van der Waals surface area contributed by atoms with Gasteiger partial charge in [0, 0.05) is 16.0 Å². The molecule has 3 nitrogen and oxygen atoms in total. The van der Waals surface area contributed by atoms with Crippen LogP contribution in [0.25, 0.3) is 0 Å². The molecule has 0 aromatic heterocycles. The summed E-state index contributed by atoms with van der Waals surface area (Å²) in [6.45, 7) is 0. The lowest BCUT2D eigenvalue weighted by Crippen LogP contribution is -1.91. The van der Waals surface area contributed by atoms with E-state index in [1.165, 1.54) is 6.20 Å². The minimum atomic E-state index is 0.0458. The fraction of sp³-hybridized carbons (Fsp3) is 0. The molecule has 2 aromatic carbocycles. The molecule has 0 amide bonds. The van der Waals surface area contributed by atoms with Crippen molar-refractivity contribution in [3.8, 4) is 12.1 Å². The van der Waals surface area contributed by atoms with E-state index >= 15 is 0 Å². The number of nitrogens with one attached hydrogen (secondary N) is 1. The number of nitrogens with zero attached hydrogens (tertiary/aromatic N) is 2. The van der Waals surface area contributed by atoms with E-state index in [2.05, 4.69) is 5.32 Å². The van der Waals surface area contributed by atoms with E-state index in [1.54, 1.807) is 11.8 Å². The van der Waals surface area contributed by atoms with Gasteiger partial charge in [-0.15, -0.1) is 0 Å². The molecule has 0 radical (unpaired) electrons.